The summed E-state index contributed by atoms with van der Waals surface area (Å²) in [6, 6.07) is 22.9. The standard InChI is InChI=1S/C28H26N2O4/c1-20-5-4-6-22(17-20)19-30-24-7-2-3-8-25(24)34-26(28(30)32)18-21-9-11-23(12-10-21)27(31)29-13-15-33-16-14-29/h2-12,17-18H,13-16,19H2,1H3. The molecule has 0 radical (unpaired) electrons. The fourth-order valence-corrected chi connectivity index (χ4v) is 4.23. The van der Waals surface area contributed by atoms with Gasteiger partial charge in [-0.05, 0) is 48.4 Å². The molecule has 5 rings (SSSR count). The second-order valence-electron chi connectivity index (χ2n) is 8.49. The van der Waals surface area contributed by atoms with Gasteiger partial charge in [-0.15, -0.1) is 0 Å². The van der Waals surface area contributed by atoms with Crippen LogP contribution in [-0.2, 0) is 16.1 Å². The van der Waals surface area contributed by atoms with E-state index in [1.165, 1.54) is 0 Å². The van der Waals surface area contributed by atoms with Crippen LogP contribution in [0.15, 0.2) is 78.6 Å². The number of aryl methyl sites for hydroxylation is 1. The van der Waals surface area contributed by atoms with E-state index in [4.69, 9.17) is 9.47 Å². The molecule has 2 amide bonds. The lowest BCUT2D eigenvalue weighted by Crippen LogP contribution is -2.40. The first-order valence-corrected chi connectivity index (χ1v) is 11.4. The second kappa shape index (κ2) is 9.53. The van der Waals surface area contributed by atoms with Crippen LogP contribution < -0.4 is 9.64 Å². The summed E-state index contributed by atoms with van der Waals surface area (Å²) < 4.78 is 11.3. The fraction of sp³-hybridized carbons (Fsp3) is 0.214. The first-order chi connectivity index (χ1) is 16.6. The largest absolute Gasteiger partial charge is 0.449 e. The number of hydrogen-bond acceptors (Lipinski definition) is 4. The predicted octanol–water partition coefficient (Wildman–Crippen LogP) is 4.43. The average Bonchev–Trinajstić information content (AvgIpc) is 2.87. The molecule has 34 heavy (non-hydrogen) atoms. The number of rotatable bonds is 4. The number of ether oxygens (including phenoxy) is 2. The highest BCUT2D eigenvalue weighted by molar-refractivity contribution is 6.09. The summed E-state index contributed by atoms with van der Waals surface area (Å²) in [5.74, 6) is 0.679. The van der Waals surface area contributed by atoms with E-state index in [9.17, 15) is 9.59 Å². The van der Waals surface area contributed by atoms with Gasteiger partial charge in [0, 0.05) is 18.7 Å². The van der Waals surface area contributed by atoms with Crippen molar-refractivity contribution >= 4 is 23.6 Å². The van der Waals surface area contributed by atoms with Crippen molar-refractivity contribution in [3.63, 3.8) is 0 Å². The summed E-state index contributed by atoms with van der Waals surface area (Å²) in [5, 5.41) is 0. The van der Waals surface area contributed by atoms with Crippen molar-refractivity contribution in [2.24, 2.45) is 0 Å². The van der Waals surface area contributed by atoms with Gasteiger partial charge in [0.05, 0.1) is 25.4 Å². The molecule has 1 saturated heterocycles. The Kier molecular flexibility index (Phi) is 6.14. The number of morpholine rings is 1. The Hall–Kier alpha value is -3.90. The highest BCUT2D eigenvalue weighted by atomic mass is 16.5. The maximum absolute atomic E-state index is 13.4. The van der Waals surface area contributed by atoms with Crippen LogP contribution in [0.3, 0.4) is 0 Å². The minimum atomic E-state index is -0.200. The molecule has 2 aliphatic heterocycles. The van der Waals surface area contributed by atoms with E-state index in [0.717, 1.165) is 22.4 Å². The molecule has 6 nitrogen and oxygen atoms in total. The van der Waals surface area contributed by atoms with Crippen LogP contribution in [0.1, 0.15) is 27.0 Å². The van der Waals surface area contributed by atoms with Crippen LogP contribution in [0.25, 0.3) is 6.08 Å². The van der Waals surface area contributed by atoms with Gasteiger partial charge in [0.2, 0.25) is 0 Å². The third-order valence-electron chi connectivity index (χ3n) is 6.01. The molecule has 0 saturated carbocycles. The van der Waals surface area contributed by atoms with Gasteiger partial charge < -0.3 is 14.4 Å². The third kappa shape index (κ3) is 4.58. The van der Waals surface area contributed by atoms with Crippen molar-refractivity contribution < 1.29 is 19.1 Å². The number of anilines is 1. The van der Waals surface area contributed by atoms with E-state index in [-0.39, 0.29) is 17.6 Å². The Labute approximate surface area is 199 Å². The van der Waals surface area contributed by atoms with Crippen molar-refractivity contribution in [1.82, 2.24) is 4.90 Å². The first-order valence-electron chi connectivity index (χ1n) is 11.4. The van der Waals surface area contributed by atoms with Crippen LogP contribution >= 0.6 is 0 Å². The zero-order valence-electron chi connectivity index (χ0n) is 19.1. The van der Waals surface area contributed by atoms with Gasteiger partial charge in [0.1, 0.15) is 0 Å². The van der Waals surface area contributed by atoms with Gasteiger partial charge in [0.25, 0.3) is 11.8 Å². The Morgan fingerprint density at radius 3 is 2.50 bits per heavy atom. The molecular formula is C28H26N2O4. The average molecular weight is 455 g/mol. The van der Waals surface area contributed by atoms with Gasteiger partial charge in [-0.3, -0.25) is 14.5 Å². The van der Waals surface area contributed by atoms with Crippen LogP contribution in [-0.4, -0.2) is 43.0 Å². The van der Waals surface area contributed by atoms with Gasteiger partial charge in [-0.25, -0.2) is 0 Å². The summed E-state index contributed by atoms with van der Waals surface area (Å²) in [6.45, 7) is 4.82. The second-order valence-corrected chi connectivity index (χ2v) is 8.49. The molecule has 0 unspecified atom stereocenters. The number of para-hydroxylation sites is 2. The van der Waals surface area contributed by atoms with Gasteiger partial charge >= 0.3 is 0 Å². The minimum Gasteiger partial charge on any atom is -0.449 e. The number of hydrogen-bond donors (Lipinski definition) is 0. The van der Waals surface area contributed by atoms with Gasteiger partial charge in [-0.2, -0.15) is 0 Å². The highest BCUT2D eigenvalue weighted by Crippen LogP contribution is 2.36. The lowest BCUT2D eigenvalue weighted by atomic mass is 10.1. The number of amides is 2. The summed E-state index contributed by atoms with van der Waals surface area (Å²) in [6.07, 6.45) is 1.73. The molecule has 3 aromatic rings. The van der Waals surface area contributed by atoms with E-state index in [2.05, 4.69) is 6.07 Å². The minimum absolute atomic E-state index is 0.00856. The quantitative estimate of drug-likeness (QED) is 0.547. The van der Waals surface area contributed by atoms with Crippen LogP contribution in [0.5, 0.6) is 5.75 Å². The smallest absolute Gasteiger partial charge is 0.294 e. The van der Waals surface area contributed by atoms with Crippen LogP contribution in [0.4, 0.5) is 5.69 Å². The van der Waals surface area contributed by atoms with Crippen LogP contribution in [0, 0.1) is 6.92 Å². The van der Waals surface area contributed by atoms with Crippen LogP contribution in [0.2, 0.25) is 0 Å². The molecule has 2 heterocycles. The van der Waals surface area contributed by atoms with Crippen molar-refractivity contribution in [1.29, 1.82) is 0 Å². The lowest BCUT2D eigenvalue weighted by Gasteiger charge is -2.30. The number of carbonyl (C=O) groups is 2. The molecule has 6 heteroatoms. The fourth-order valence-electron chi connectivity index (χ4n) is 4.23. The summed E-state index contributed by atoms with van der Waals surface area (Å²) in [4.78, 5) is 29.7. The third-order valence-corrected chi connectivity index (χ3v) is 6.01. The molecule has 1 fully saturated rings. The highest BCUT2D eigenvalue weighted by Gasteiger charge is 2.30. The van der Waals surface area contributed by atoms with E-state index < -0.39 is 0 Å². The molecule has 2 aliphatic rings. The summed E-state index contributed by atoms with van der Waals surface area (Å²) in [5.41, 5.74) is 4.35. The van der Waals surface area contributed by atoms with E-state index >= 15 is 0 Å². The maximum Gasteiger partial charge on any atom is 0.294 e. The molecular weight excluding hydrogens is 428 g/mol. The molecule has 0 spiro atoms. The summed E-state index contributed by atoms with van der Waals surface area (Å²) >= 11 is 0. The van der Waals surface area contributed by atoms with E-state index in [1.807, 2.05) is 61.5 Å². The lowest BCUT2D eigenvalue weighted by molar-refractivity contribution is -0.117. The van der Waals surface area contributed by atoms with Crippen molar-refractivity contribution in [3.8, 4) is 5.75 Å². The molecule has 0 aliphatic carbocycles. The molecule has 0 bridgehead atoms. The first kappa shape index (κ1) is 21.9. The van der Waals surface area contributed by atoms with E-state index in [1.54, 1.807) is 28.0 Å². The Morgan fingerprint density at radius 2 is 1.74 bits per heavy atom. The van der Waals surface area contributed by atoms with Crippen molar-refractivity contribution in [2.75, 3.05) is 31.2 Å². The zero-order chi connectivity index (χ0) is 23.5. The Bertz CT molecular complexity index is 1240. The predicted molar refractivity (Wildman–Crippen MR) is 131 cm³/mol. The normalized spacial score (nSPS) is 16.9. The maximum atomic E-state index is 13.4. The monoisotopic (exact) mass is 454 g/mol. The van der Waals surface area contributed by atoms with Crippen molar-refractivity contribution in [3.05, 3.63) is 101 Å². The number of carbonyl (C=O) groups excluding carboxylic acids is 2. The number of nitrogens with zero attached hydrogens (tertiary/aromatic N) is 2. The van der Waals surface area contributed by atoms with Crippen molar-refractivity contribution in [2.45, 2.75) is 13.5 Å². The van der Waals surface area contributed by atoms with Gasteiger partial charge in [-0.1, -0.05) is 54.1 Å². The van der Waals surface area contributed by atoms with Gasteiger partial charge in [0.15, 0.2) is 11.5 Å². The topological polar surface area (TPSA) is 59.1 Å². The summed E-state index contributed by atoms with van der Waals surface area (Å²) in [7, 11) is 0. The number of fused-ring (bicyclic) bond motifs is 1. The van der Waals surface area contributed by atoms with E-state index in [0.29, 0.717) is 44.2 Å². The Balaban J connectivity index is 1.40. The SMILES string of the molecule is Cc1cccc(CN2C(=O)C(=Cc3ccc(C(=O)N4CCOCC4)cc3)Oc3ccccc32)c1. The molecule has 3 aromatic carbocycles. The molecule has 172 valence electrons. The zero-order valence-corrected chi connectivity index (χ0v) is 19.1. The Morgan fingerprint density at radius 1 is 0.971 bits per heavy atom. The number of benzene rings is 3. The molecule has 0 atom stereocenters. The molecule has 0 aromatic heterocycles. The molecule has 0 N–H and O–H groups in total.